The second kappa shape index (κ2) is 4.45. The Morgan fingerprint density at radius 1 is 1.31 bits per heavy atom. The smallest absolute Gasteiger partial charge is 0.00166 e. The number of hydrogen-bond donors (Lipinski definition) is 0. The van der Waals surface area contributed by atoms with Crippen LogP contribution in [0.3, 0.4) is 0 Å². The number of nitrogens with zero attached hydrogens (tertiary/aromatic N) is 1. The Kier molecular flexibility index (Phi) is 3.78. The van der Waals surface area contributed by atoms with Crippen LogP contribution in [-0.4, -0.2) is 25.0 Å². The van der Waals surface area contributed by atoms with Crippen LogP contribution in [0.4, 0.5) is 0 Å². The van der Waals surface area contributed by atoms with Gasteiger partial charge in [-0.2, -0.15) is 0 Å². The van der Waals surface area contributed by atoms with Crippen LogP contribution in [0.1, 0.15) is 46.5 Å². The quantitative estimate of drug-likeness (QED) is 0.649. The van der Waals surface area contributed by atoms with Gasteiger partial charge in [-0.15, -0.1) is 0 Å². The lowest BCUT2D eigenvalue weighted by atomic mass is 9.74. The molecule has 13 heavy (non-hydrogen) atoms. The fourth-order valence-corrected chi connectivity index (χ4v) is 2.35. The third-order valence-electron chi connectivity index (χ3n) is 3.73. The monoisotopic (exact) mass is 183 g/mol. The Bertz CT molecular complexity index is 145. The molecule has 0 radical (unpaired) electrons. The molecule has 1 rings (SSSR count). The lowest BCUT2D eigenvalue weighted by Crippen LogP contribution is -2.37. The molecule has 0 aromatic carbocycles. The van der Waals surface area contributed by atoms with Gasteiger partial charge in [0.05, 0.1) is 0 Å². The largest absolute Gasteiger partial charge is 0.306 e. The van der Waals surface area contributed by atoms with E-state index in [1.807, 2.05) is 0 Å². The molecule has 1 saturated heterocycles. The van der Waals surface area contributed by atoms with E-state index in [0.717, 1.165) is 5.92 Å². The van der Waals surface area contributed by atoms with Gasteiger partial charge >= 0.3 is 0 Å². The zero-order valence-corrected chi connectivity index (χ0v) is 9.77. The molecule has 0 aromatic rings. The van der Waals surface area contributed by atoms with Crippen LogP contribution < -0.4 is 0 Å². The van der Waals surface area contributed by atoms with Crippen LogP contribution in [0.25, 0.3) is 0 Å². The van der Waals surface area contributed by atoms with Gasteiger partial charge in [-0.3, -0.25) is 0 Å². The van der Waals surface area contributed by atoms with E-state index in [4.69, 9.17) is 0 Å². The van der Waals surface area contributed by atoms with Gasteiger partial charge in [0.25, 0.3) is 0 Å². The topological polar surface area (TPSA) is 3.24 Å². The van der Waals surface area contributed by atoms with Gasteiger partial charge in [0.2, 0.25) is 0 Å². The molecule has 1 nitrogen and oxygen atoms in total. The first-order valence-corrected chi connectivity index (χ1v) is 5.74. The summed E-state index contributed by atoms with van der Waals surface area (Å²) in [6.07, 6.45) is 5.56. The Labute approximate surface area is 83.5 Å². The molecule has 1 atom stereocenters. The zero-order chi connectivity index (χ0) is 9.90. The number of rotatable bonds is 3. The summed E-state index contributed by atoms with van der Waals surface area (Å²) in [5, 5.41) is 0. The molecule has 0 amide bonds. The predicted molar refractivity (Wildman–Crippen MR) is 58.9 cm³/mol. The van der Waals surface area contributed by atoms with Crippen molar-refractivity contribution in [2.75, 3.05) is 20.1 Å². The summed E-state index contributed by atoms with van der Waals surface area (Å²) in [5.74, 6) is 0.911. The Balaban J connectivity index is 2.38. The SMILES string of the molecule is CC[C@@H](C)CC1(C)CCN(C)CC1. The lowest BCUT2D eigenvalue weighted by Gasteiger charge is -2.39. The van der Waals surface area contributed by atoms with Crippen molar-refractivity contribution in [3.63, 3.8) is 0 Å². The van der Waals surface area contributed by atoms with Crippen LogP contribution in [0.2, 0.25) is 0 Å². The first-order valence-electron chi connectivity index (χ1n) is 5.74. The first kappa shape index (κ1) is 11.0. The Morgan fingerprint density at radius 2 is 1.85 bits per heavy atom. The highest BCUT2D eigenvalue weighted by Crippen LogP contribution is 2.37. The number of piperidine rings is 1. The van der Waals surface area contributed by atoms with E-state index in [-0.39, 0.29) is 0 Å². The van der Waals surface area contributed by atoms with Gasteiger partial charge in [0.1, 0.15) is 0 Å². The zero-order valence-electron chi connectivity index (χ0n) is 9.77. The van der Waals surface area contributed by atoms with Gasteiger partial charge in [0, 0.05) is 0 Å². The summed E-state index contributed by atoms with van der Waals surface area (Å²) in [6.45, 7) is 9.78. The highest BCUT2D eigenvalue weighted by molar-refractivity contribution is 4.82. The van der Waals surface area contributed by atoms with E-state index in [0.29, 0.717) is 5.41 Å². The number of hydrogen-bond acceptors (Lipinski definition) is 1. The summed E-state index contributed by atoms with van der Waals surface area (Å²) in [4.78, 5) is 2.46. The third-order valence-corrected chi connectivity index (χ3v) is 3.73. The minimum atomic E-state index is 0.641. The van der Waals surface area contributed by atoms with Crippen molar-refractivity contribution in [1.82, 2.24) is 4.90 Å². The van der Waals surface area contributed by atoms with Crippen LogP contribution in [0, 0.1) is 11.3 Å². The van der Waals surface area contributed by atoms with Gasteiger partial charge in [0.15, 0.2) is 0 Å². The van der Waals surface area contributed by atoms with E-state index < -0.39 is 0 Å². The molecule has 0 aromatic heterocycles. The summed E-state index contributed by atoms with van der Waals surface area (Å²) >= 11 is 0. The highest BCUT2D eigenvalue weighted by atomic mass is 15.1. The maximum Gasteiger partial charge on any atom is -0.00166 e. The molecule has 0 N–H and O–H groups in total. The van der Waals surface area contributed by atoms with E-state index in [2.05, 4.69) is 32.7 Å². The molecule has 78 valence electrons. The maximum absolute atomic E-state index is 2.48. The summed E-state index contributed by atoms with van der Waals surface area (Å²) in [6, 6.07) is 0. The van der Waals surface area contributed by atoms with E-state index in [1.54, 1.807) is 0 Å². The first-order chi connectivity index (χ1) is 6.06. The van der Waals surface area contributed by atoms with Crippen LogP contribution in [0.5, 0.6) is 0 Å². The Hall–Kier alpha value is -0.0400. The molecule has 0 aliphatic carbocycles. The molecule has 1 aliphatic rings. The van der Waals surface area contributed by atoms with Gasteiger partial charge in [-0.05, 0) is 50.7 Å². The van der Waals surface area contributed by atoms with Crippen molar-refractivity contribution in [2.45, 2.75) is 46.5 Å². The van der Waals surface area contributed by atoms with E-state index >= 15 is 0 Å². The van der Waals surface area contributed by atoms with E-state index in [9.17, 15) is 0 Å². The van der Waals surface area contributed by atoms with Crippen molar-refractivity contribution >= 4 is 0 Å². The molecule has 1 aliphatic heterocycles. The number of likely N-dealkylation sites (tertiary alicyclic amines) is 1. The molecule has 0 spiro atoms. The Morgan fingerprint density at radius 3 is 2.31 bits per heavy atom. The van der Waals surface area contributed by atoms with Crippen molar-refractivity contribution < 1.29 is 0 Å². The third kappa shape index (κ3) is 3.30. The minimum absolute atomic E-state index is 0.641. The average molecular weight is 183 g/mol. The summed E-state index contributed by atoms with van der Waals surface area (Å²) < 4.78 is 0. The second-order valence-corrected chi connectivity index (χ2v) is 5.33. The molecule has 1 heteroatoms. The van der Waals surface area contributed by atoms with Gasteiger partial charge < -0.3 is 4.90 Å². The normalized spacial score (nSPS) is 25.8. The molecular formula is C12H25N. The lowest BCUT2D eigenvalue weighted by molar-refractivity contribution is 0.112. The highest BCUT2D eigenvalue weighted by Gasteiger charge is 2.29. The second-order valence-electron chi connectivity index (χ2n) is 5.33. The molecule has 1 fully saturated rings. The van der Waals surface area contributed by atoms with Crippen molar-refractivity contribution in [2.24, 2.45) is 11.3 Å². The van der Waals surface area contributed by atoms with Crippen LogP contribution in [0.15, 0.2) is 0 Å². The van der Waals surface area contributed by atoms with Crippen molar-refractivity contribution in [1.29, 1.82) is 0 Å². The fraction of sp³-hybridized carbons (Fsp3) is 1.00. The van der Waals surface area contributed by atoms with Crippen molar-refractivity contribution in [3.05, 3.63) is 0 Å². The molecular weight excluding hydrogens is 158 g/mol. The van der Waals surface area contributed by atoms with Gasteiger partial charge in [-0.25, -0.2) is 0 Å². The van der Waals surface area contributed by atoms with Crippen LogP contribution in [-0.2, 0) is 0 Å². The molecule has 0 bridgehead atoms. The average Bonchev–Trinajstić information content (AvgIpc) is 2.10. The maximum atomic E-state index is 2.48. The van der Waals surface area contributed by atoms with Crippen molar-refractivity contribution in [3.8, 4) is 0 Å². The van der Waals surface area contributed by atoms with E-state index in [1.165, 1.54) is 38.8 Å². The molecule has 1 heterocycles. The fourth-order valence-electron chi connectivity index (χ4n) is 2.35. The molecule has 0 saturated carbocycles. The van der Waals surface area contributed by atoms with Gasteiger partial charge in [-0.1, -0.05) is 27.2 Å². The minimum Gasteiger partial charge on any atom is -0.306 e. The molecule has 0 unspecified atom stereocenters. The standard InChI is InChI=1S/C12H25N/c1-5-11(2)10-12(3)6-8-13(4)9-7-12/h11H,5-10H2,1-4H3/t11-/m1/s1. The predicted octanol–water partition coefficient (Wildman–Crippen LogP) is 3.15. The summed E-state index contributed by atoms with van der Waals surface area (Å²) in [5.41, 5.74) is 0.641. The summed E-state index contributed by atoms with van der Waals surface area (Å²) in [7, 11) is 2.24. The van der Waals surface area contributed by atoms with Crippen LogP contribution >= 0.6 is 0 Å².